The number of nitrogens with zero attached hydrogens (tertiary/aromatic N) is 2. The number of hydrogen-bond donors (Lipinski definition) is 1. The highest BCUT2D eigenvalue weighted by atomic mass is 32.2. The SMILES string of the molecule is CNCCc1c(C)nn(C2CCOC3(CCSC3)C2)c1C. The Balaban J connectivity index is 1.80. The third kappa shape index (κ3) is 3.01. The normalized spacial score (nSPS) is 29.4. The van der Waals surface area contributed by atoms with Crippen LogP contribution < -0.4 is 5.32 Å². The lowest BCUT2D eigenvalue weighted by atomic mass is 9.90. The van der Waals surface area contributed by atoms with Crippen molar-refractivity contribution < 1.29 is 4.74 Å². The predicted octanol–water partition coefficient (Wildman–Crippen LogP) is 2.49. The molecule has 21 heavy (non-hydrogen) atoms. The zero-order chi connectivity index (χ0) is 14.9. The van der Waals surface area contributed by atoms with E-state index in [0.717, 1.165) is 38.2 Å². The molecule has 2 fully saturated rings. The van der Waals surface area contributed by atoms with Crippen molar-refractivity contribution in [2.75, 3.05) is 31.7 Å². The molecule has 0 aromatic carbocycles. The van der Waals surface area contributed by atoms with Crippen molar-refractivity contribution in [3.8, 4) is 0 Å². The summed E-state index contributed by atoms with van der Waals surface area (Å²) >= 11 is 2.04. The first-order valence-electron chi connectivity index (χ1n) is 8.06. The van der Waals surface area contributed by atoms with Crippen molar-refractivity contribution >= 4 is 11.8 Å². The minimum Gasteiger partial charge on any atom is -0.374 e. The number of rotatable bonds is 4. The summed E-state index contributed by atoms with van der Waals surface area (Å²) in [7, 11) is 2.01. The smallest absolute Gasteiger partial charge is 0.0800 e. The Kier molecular flexibility index (Phi) is 4.62. The minimum atomic E-state index is 0.130. The topological polar surface area (TPSA) is 39.1 Å². The van der Waals surface area contributed by atoms with Crippen molar-refractivity contribution in [2.45, 2.75) is 51.2 Å². The van der Waals surface area contributed by atoms with E-state index in [-0.39, 0.29) is 5.60 Å². The number of ether oxygens (including phenoxy) is 1. The monoisotopic (exact) mass is 309 g/mol. The lowest BCUT2D eigenvalue weighted by Crippen LogP contribution is -2.41. The molecule has 2 atom stereocenters. The Morgan fingerprint density at radius 2 is 2.33 bits per heavy atom. The second-order valence-corrected chi connectivity index (χ2v) is 7.53. The summed E-state index contributed by atoms with van der Waals surface area (Å²) in [6.07, 6.45) is 4.51. The molecule has 0 saturated carbocycles. The minimum absolute atomic E-state index is 0.130. The van der Waals surface area contributed by atoms with Gasteiger partial charge in [-0.25, -0.2) is 0 Å². The fourth-order valence-electron chi connectivity index (χ4n) is 3.74. The molecule has 3 rings (SSSR count). The Labute approximate surface area is 132 Å². The van der Waals surface area contributed by atoms with Gasteiger partial charge in [-0.3, -0.25) is 4.68 Å². The average molecular weight is 309 g/mol. The van der Waals surface area contributed by atoms with E-state index in [1.807, 2.05) is 18.8 Å². The van der Waals surface area contributed by atoms with Crippen LogP contribution in [-0.4, -0.2) is 47.1 Å². The summed E-state index contributed by atoms with van der Waals surface area (Å²) in [4.78, 5) is 0. The average Bonchev–Trinajstić information content (AvgIpc) is 3.03. The summed E-state index contributed by atoms with van der Waals surface area (Å²) in [6, 6.07) is 0.513. The number of nitrogens with one attached hydrogen (secondary N) is 1. The number of thioether (sulfide) groups is 1. The second kappa shape index (κ2) is 6.31. The maximum atomic E-state index is 6.15. The molecule has 2 aliphatic rings. The largest absolute Gasteiger partial charge is 0.374 e. The highest BCUT2D eigenvalue weighted by molar-refractivity contribution is 7.99. The summed E-state index contributed by atoms with van der Waals surface area (Å²) in [5.41, 5.74) is 4.11. The van der Waals surface area contributed by atoms with Gasteiger partial charge in [0.15, 0.2) is 0 Å². The van der Waals surface area contributed by atoms with Crippen molar-refractivity contribution in [1.29, 1.82) is 0 Å². The molecule has 118 valence electrons. The van der Waals surface area contributed by atoms with Crippen LogP contribution in [0.4, 0.5) is 0 Å². The van der Waals surface area contributed by atoms with Crippen molar-refractivity contribution in [3.63, 3.8) is 0 Å². The van der Waals surface area contributed by atoms with Gasteiger partial charge < -0.3 is 10.1 Å². The second-order valence-electron chi connectivity index (χ2n) is 6.43. The molecule has 2 unspecified atom stereocenters. The summed E-state index contributed by atoms with van der Waals surface area (Å²) in [6.45, 7) is 6.28. The summed E-state index contributed by atoms with van der Waals surface area (Å²) in [5.74, 6) is 2.41. The van der Waals surface area contributed by atoms with Crippen LogP contribution in [0, 0.1) is 13.8 Å². The standard InChI is InChI=1S/C16H27N3OS/c1-12-15(4-7-17-3)13(2)19(18-12)14-5-8-20-16(10-14)6-9-21-11-16/h14,17H,4-11H2,1-3H3. The van der Waals surface area contributed by atoms with E-state index in [1.54, 1.807) is 0 Å². The van der Waals surface area contributed by atoms with E-state index >= 15 is 0 Å². The van der Waals surface area contributed by atoms with Crippen LogP contribution in [-0.2, 0) is 11.2 Å². The molecule has 1 N–H and O–H groups in total. The first-order chi connectivity index (χ1) is 10.2. The van der Waals surface area contributed by atoms with E-state index in [0.29, 0.717) is 6.04 Å². The highest BCUT2D eigenvalue weighted by Crippen LogP contribution is 2.42. The van der Waals surface area contributed by atoms with Crippen LogP contribution in [0.15, 0.2) is 0 Å². The molecule has 0 bridgehead atoms. The molecule has 5 heteroatoms. The molecule has 0 aliphatic carbocycles. The Morgan fingerprint density at radius 3 is 3.05 bits per heavy atom. The third-order valence-corrected chi connectivity index (χ3v) is 6.20. The van der Waals surface area contributed by atoms with Crippen LogP contribution in [0.1, 0.15) is 42.3 Å². The first kappa shape index (κ1) is 15.4. The summed E-state index contributed by atoms with van der Waals surface area (Å²) in [5, 5.41) is 8.11. The molecule has 2 aliphatic heterocycles. The first-order valence-corrected chi connectivity index (χ1v) is 9.21. The van der Waals surface area contributed by atoms with Gasteiger partial charge in [0.1, 0.15) is 0 Å². The predicted molar refractivity (Wildman–Crippen MR) is 88.2 cm³/mol. The van der Waals surface area contributed by atoms with Gasteiger partial charge in [-0.1, -0.05) is 0 Å². The zero-order valence-electron chi connectivity index (χ0n) is 13.4. The van der Waals surface area contributed by atoms with Gasteiger partial charge in [0.25, 0.3) is 0 Å². The number of aromatic nitrogens is 2. The Morgan fingerprint density at radius 1 is 1.48 bits per heavy atom. The van der Waals surface area contributed by atoms with Crippen LogP contribution in [0.5, 0.6) is 0 Å². The Bertz CT molecular complexity index is 494. The molecule has 0 amide bonds. The fraction of sp³-hybridized carbons (Fsp3) is 0.812. The van der Waals surface area contributed by atoms with Gasteiger partial charge >= 0.3 is 0 Å². The molecule has 4 nitrogen and oxygen atoms in total. The number of aryl methyl sites for hydroxylation is 1. The molecule has 2 saturated heterocycles. The van der Waals surface area contributed by atoms with Crippen molar-refractivity contribution in [3.05, 3.63) is 17.0 Å². The van der Waals surface area contributed by atoms with E-state index in [9.17, 15) is 0 Å². The maximum absolute atomic E-state index is 6.15. The highest BCUT2D eigenvalue weighted by Gasteiger charge is 2.41. The molecular weight excluding hydrogens is 282 g/mol. The van der Waals surface area contributed by atoms with Gasteiger partial charge in [0.2, 0.25) is 0 Å². The quantitative estimate of drug-likeness (QED) is 0.927. The van der Waals surface area contributed by atoms with E-state index in [4.69, 9.17) is 9.84 Å². The van der Waals surface area contributed by atoms with Gasteiger partial charge in [-0.15, -0.1) is 0 Å². The van der Waals surface area contributed by atoms with Gasteiger partial charge in [-0.05, 0) is 64.4 Å². The van der Waals surface area contributed by atoms with Crippen LogP contribution in [0.2, 0.25) is 0 Å². The molecule has 1 spiro atoms. The maximum Gasteiger partial charge on any atom is 0.0800 e. The van der Waals surface area contributed by atoms with E-state index < -0.39 is 0 Å². The summed E-state index contributed by atoms with van der Waals surface area (Å²) < 4.78 is 8.45. The molecule has 1 aromatic heterocycles. The van der Waals surface area contributed by atoms with Crippen LogP contribution >= 0.6 is 11.8 Å². The molecule has 0 radical (unpaired) electrons. The van der Waals surface area contributed by atoms with Crippen LogP contribution in [0.25, 0.3) is 0 Å². The van der Waals surface area contributed by atoms with Crippen molar-refractivity contribution in [2.24, 2.45) is 0 Å². The fourth-order valence-corrected chi connectivity index (χ4v) is 5.12. The number of hydrogen-bond acceptors (Lipinski definition) is 4. The van der Waals surface area contributed by atoms with Crippen molar-refractivity contribution in [1.82, 2.24) is 15.1 Å². The van der Waals surface area contributed by atoms with Crippen LogP contribution in [0.3, 0.4) is 0 Å². The third-order valence-electron chi connectivity index (χ3n) is 4.98. The van der Waals surface area contributed by atoms with Gasteiger partial charge in [-0.2, -0.15) is 16.9 Å². The lowest BCUT2D eigenvalue weighted by Gasteiger charge is -2.38. The van der Waals surface area contributed by atoms with Gasteiger partial charge in [0, 0.05) is 18.1 Å². The van der Waals surface area contributed by atoms with E-state index in [2.05, 4.69) is 23.8 Å². The lowest BCUT2D eigenvalue weighted by molar-refractivity contribution is -0.0781. The van der Waals surface area contributed by atoms with Gasteiger partial charge in [0.05, 0.1) is 17.3 Å². The zero-order valence-corrected chi connectivity index (χ0v) is 14.3. The van der Waals surface area contributed by atoms with E-state index in [1.165, 1.54) is 29.1 Å². The molecule has 1 aromatic rings. The molecular formula is C16H27N3OS. The number of likely N-dealkylation sites (N-methyl/N-ethyl adjacent to an activating group) is 1. The Hall–Kier alpha value is -0.520. The molecule has 3 heterocycles.